The minimum Gasteiger partial charge on any atom is -0.298 e. The van der Waals surface area contributed by atoms with Crippen molar-refractivity contribution in [2.24, 2.45) is 0 Å². The Morgan fingerprint density at radius 1 is 1.19 bits per heavy atom. The van der Waals surface area contributed by atoms with Crippen LogP contribution in [0.15, 0.2) is 23.1 Å². The second-order valence-electron chi connectivity index (χ2n) is 5.77. The minimum atomic E-state index is -3.43. The monoisotopic (exact) mass is 330 g/mol. The van der Waals surface area contributed by atoms with Gasteiger partial charge in [0.15, 0.2) is 0 Å². The summed E-state index contributed by atoms with van der Waals surface area (Å²) in [6.07, 6.45) is 0. The molecule has 0 saturated carbocycles. The first-order valence-corrected chi connectivity index (χ1v) is 9.23. The molecule has 0 unspecified atom stereocenters. The molecule has 0 radical (unpaired) electrons. The Morgan fingerprint density at radius 2 is 1.81 bits per heavy atom. The number of sulfonamides is 1. The number of hydrogen-bond acceptors (Lipinski definition) is 3. The lowest BCUT2D eigenvalue weighted by molar-refractivity contribution is 0.154. The Bertz CT molecular complexity index is 594. The van der Waals surface area contributed by atoms with E-state index in [0.29, 0.717) is 29.9 Å². The molecule has 1 aliphatic heterocycles. The van der Waals surface area contributed by atoms with E-state index >= 15 is 0 Å². The van der Waals surface area contributed by atoms with Crippen molar-refractivity contribution in [1.29, 1.82) is 0 Å². The summed E-state index contributed by atoms with van der Waals surface area (Å²) in [5.41, 5.74) is 1.61. The van der Waals surface area contributed by atoms with Gasteiger partial charge in [0.2, 0.25) is 10.0 Å². The molecule has 0 bridgehead atoms. The molecular formula is C15H23ClN2O2S. The van der Waals surface area contributed by atoms with E-state index in [1.54, 1.807) is 10.4 Å². The van der Waals surface area contributed by atoms with Crippen LogP contribution in [0.3, 0.4) is 0 Å². The Morgan fingerprint density at radius 3 is 2.33 bits per heavy atom. The second-order valence-corrected chi connectivity index (χ2v) is 7.94. The molecule has 4 nitrogen and oxygen atoms in total. The van der Waals surface area contributed by atoms with Crippen molar-refractivity contribution in [3.8, 4) is 0 Å². The van der Waals surface area contributed by atoms with E-state index in [0.717, 1.165) is 24.2 Å². The van der Waals surface area contributed by atoms with Gasteiger partial charge in [-0.15, -0.1) is 11.6 Å². The zero-order chi connectivity index (χ0) is 15.6. The summed E-state index contributed by atoms with van der Waals surface area (Å²) >= 11 is 5.83. The summed E-state index contributed by atoms with van der Waals surface area (Å²) in [4.78, 5) is 2.69. The maximum atomic E-state index is 12.8. The first-order chi connectivity index (χ1) is 9.86. The molecule has 2 rings (SSSR count). The third-order valence-corrected chi connectivity index (χ3v) is 6.38. The van der Waals surface area contributed by atoms with E-state index in [1.807, 2.05) is 19.1 Å². The lowest BCUT2D eigenvalue weighted by Crippen LogP contribution is -2.50. The maximum Gasteiger partial charge on any atom is 0.243 e. The molecule has 0 aromatic heterocycles. The van der Waals surface area contributed by atoms with Gasteiger partial charge < -0.3 is 0 Å². The van der Waals surface area contributed by atoms with Crippen LogP contribution in [0.1, 0.15) is 25.0 Å². The van der Waals surface area contributed by atoms with Gasteiger partial charge >= 0.3 is 0 Å². The molecule has 1 saturated heterocycles. The molecule has 0 spiro atoms. The Hall–Kier alpha value is -0.620. The molecule has 0 N–H and O–H groups in total. The normalized spacial score (nSPS) is 18.3. The Labute approximate surface area is 132 Å². The van der Waals surface area contributed by atoms with Crippen LogP contribution in [-0.4, -0.2) is 49.8 Å². The molecule has 1 aromatic rings. The fourth-order valence-corrected chi connectivity index (χ4v) is 4.47. The standard InChI is InChI=1S/C15H23ClN2O2S/c1-12(2)17-6-8-18(9-7-17)21(19,20)15-10-14(11-16)5-4-13(15)3/h4-5,10,12H,6-9,11H2,1-3H3. The quantitative estimate of drug-likeness (QED) is 0.796. The predicted molar refractivity (Wildman–Crippen MR) is 86.2 cm³/mol. The highest BCUT2D eigenvalue weighted by Crippen LogP contribution is 2.23. The molecular weight excluding hydrogens is 308 g/mol. The van der Waals surface area contributed by atoms with E-state index in [4.69, 9.17) is 11.6 Å². The van der Waals surface area contributed by atoms with E-state index in [1.165, 1.54) is 0 Å². The average Bonchev–Trinajstić information content (AvgIpc) is 2.47. The van der Waals surface area contributed by atoms with Gasteiger partial charge in [0.05, 0.1) is 4.90 Å². The number of nitrogens with zero attached hydrogens (tertiary/aromatic N) is 2. The fraction of sp³-hybridized carbons (Fsp3) is 0.600. The molecule has 1 fully saturated rings. The topological polar surface area (TPSA) is 40.6 Å². The van der Waals surface area contributed by atoms with E-state index in [2.05, 4.69) is 18.7 Å². The Kier molecular flexibility index (Phi) is 5.30. The second kappa shape index (κ2) is 6.65. The zero-order valence-corrected chi connectivity index (χ0v) is 14.4. The van der Waals surface area contributed by atoms with Crippen molar-refractivity contribution in [3.05, 3.63) is 29.3 Å². The molecule has 21 heavy (non-hydrogen) atoms. The molecule has 0 atom stereocenters. The first-order valence-electron chi connectivity index (χ1n) is 7.26. The number of hydrogen-bond donors (Lipinski definition) is 0. The van der Waals surface area contributed by atoms with Gasteiger partial charge in [-0.05, 0) is 38.0 Å². The summed E-state index contributed by atoms with van der Waals surface area (Å²) in [5.74, 6) is 0.323. The van der Waals surface area contributed by atoms with Crippen LogP contribution in [-0.2, 0) is 15.9 Å². The molecule has 0 aliphatic carbocycles. The van der Waals surface area contributed by atoms with Gasteiger partial charge in [0.1, 0.15) is 0 Å². The summed E-state index contributed by atoms with van der Waals surface area (Å²) in [6, 6.07) is 5.86. The molecule has 6 heteroatoms. The summed E-state index contributed by atoms with van der Waals surface area (Å²) in [6.45, 7) is 8.76. The van der Waals surface area contributed by atoms with Crippen LogP contribution in [0, 0.1) is 6.92 Å². The largest absolute Gasteiger partial charge is 0.298 e. The number of rotatable bonds is 4. The third-order valence-electron chi connectivity index (χ3n) is 4.03. The van der Waals surface area contributed by atoms with Crippen LogP contribution in [0.2, 0.25) is 0 Å². The van der Waals surface area contributed by atoms with Crippen LogP contribution >= 0.6 is 11.6 Å². The van der Waals surface area contributed by atoms with Gasteiger partial charge in [0.25, 0.3) is 0 Å². The van der Waals surface area contributed by atoms with Gasteiger partial charge in [-0.25, -0.2) is 8.42 Å². The van der Waals surface area contributed by atoms with Crippen molar-refractivity contribution in [2.75, 3.05) is 26.2 Å². The zero-order valence-electron chi connectivity index (χ0n) is 12.8. The highest BCUT2D eigenvalue weighted by atomic mass is 35.5. The highest BCUT2D eigenvalue weighted by molar-refractivity contribution is 7.89. The smallest absolute Gasteiger partial charge is 0.243 e. The van der Waals surface area contributed by atoms with E-state index in [-0.39, 0.29) is 0 Å². The molecule has 1 aliphatic rings. The number of halogens is 1. The van der Waals surface area contributed by atoms with Crippen LogP contribution in [0.4, 0.5) is 0 Å². The lowest BCUT2D eigenvalue weighted by atomic mass is 10.2. The number of aryl methyl sites for hydroxylation is 1. The molecule has 1 aromatic carbocycles. The van der Waals surface area contributed by atoms with Crippen LogP contribution in [0.5, 0.6) is 0 Å². The molecule has 0 amide bonds. The van der Waals surface area contributed by atoms with Gasteiger partial charge in [-0.1, -0.05) is 12.1 Å². The van der Waals surface area contributed by atoms with Gasteiger partial charge in [0, 0.05) is 38.1 Å². The Balaban J connectivity index is 2.23. The van der Waals surface area contributed by atoms with Crippen molar-refractivity contribution in [3.63, 3.8) is 0 Å². The van der Waals surface area contributed by atoms with E-state index in [9.17, 15) is 8.42 Å². The first kappa shape index (κ1) is 16.7. The minimum absolute atomic E-state index is 0.323. The fourth-order valence-electron chi connectivity index (χ4n) is 2.60. The molecule has 1 heterocycles. The van der Waals surface area contributed by atoms with Crippen molar-refractivity contribution >= 4 is 21.6 Å². The SMILES string of the molecule is Cc1ccc(CCl)cc1S(=O)(=O)N1CCN(C(C)C)CC1. The average molecular weight is 331 g/mol. The van der Waals surface area contributed by atoms with Gasteiger partial charge in [-0.2, -0.15) is 4.31 Å². The van der Waals surface area contributed by atoms with Crippen LogP contribution in [0.25, 0.3) is 0 Å². The summed E-state index contributed by atoms with van der Waals surface area (Å²) < 4.78 is 27.2. The number of piperazine rings is 1. The summed E-state index contributed by atoms with van der Waals surface area (Å²) in [5, 5.41) is 0. The highest BCUT2D eigenvalue weighted by Gasteiger charge is 2.30. The lowest BCUT2D eigenvalue weighted by Gasteiger charge is -2.36. The summed E-state index contributed by atoms with van der Waals surface area (Å²) in [7, 11) is -3.43. The third kappa shape index (κ3) is 3.59. The molecule has 118 valence electrons. The van der Waals surface area contributed by atoms with Crippen molar-refractivity contribution in [1.82, 2.24) is 9.21 Å². The van der Waals surface area contributed by atoms with Crippen molar-refractivity contribution < 1.29 is 8.42 Å². The predicted octanol–water partition coefficient (Wildman–Crippen LogP) is 2.45. The number of alkyl halides is 1. The van der Waals surface area contributed by atoms with Crippen LogP contribution < -0.4 is 0 Å². The van der Waals surface area contributed by atoms with Crippen molar-refractivity contribution in [2.45, 2.75) is 37.6 Å². The number of benzene rings is 1. The van der Waals surface area contributed by atoms with E-state index < -0.39 is 10.0 Å². The maximum absolute atomic E-state index is 12.8. The van der Waals surface area contributed by atoms with Gasteiger partial charge in [-0.3, -0.25) is 4.90 Å².